The Balaban J connectivity index is 1.60. The minimum atomic E-state index is -1.57. The average Bonchev–Trinajstić information content (AvgIpc) is 3.54. The van der Waals surface area contributed by atoms with Crippen molar-refractivity contribution in [3.63, 3.8) is 0 Å². The average molecular weight is 763 g/mol. The lowest BCUT2D eigenvalue weighted by Gasteiger charge is -2.29. The maximum absolute atomic E-state index is 15.9. The van der Waals surface area contributed by atoms with Gasteiger partial charge in [-0.2, -0.15) is 4.90 Å². The fraction of sp³-hybridized carbons (Fsp3) is 0.333. The second kappa shape index (κ2) is 13.9. The molecular formula is C33H30Cl4F3N3O6. The van der Waals surface area contributed by atoms with E-state index < -0.39 is 85.8 Å². The number of hydrogen-bond acceptors (Lipinski definition) is 6. The molecule has 0 saturated heterocycles. The van der Waals surface area contributed by atoms with E-state index in [-0.39, 0.29) is 15.6 Å². The first-order valence-corrected chi connectivity index (χ1v) is 16.0. The Labute approximate surface area is 299 Å². The number of hydrogen-bond donors (Lipinski definition) is 2. The van der Waals surface area contributed by atoms with E-state index in [1.165, 1.54) is 59.7 Å². The molecule has 1 aliphatic carbocycles. The molecule has 9 nitrogen and oxygen atoms in total. The molecule has 3 aromatic rings. The molecule has 4 amide bonds. The lowest BCUT2D eigenvalue weighted by atomic mass is 10.1. The summed E-state index contributed by atoms with van der Waals surface area (Å²) in [6, 6.07) is 9.17. The maximum Gasteiger partial charge on any atom is 0.424 e. The van der Waals surface area contributed by atoms with Crippen molar-refractivity contribution in [1.82, 2.24) is 0 Å². The van der Waals surface area contributed by atoms with Crippen LogP contribution in [0.2, 0.25) is 10.0 Å². The number of rotatable bonds is 6. The zero-order valence-electron chi connectivity index (χ0n) is 26.8. The number of carbonyl (C=O) groups is 4. The summed E-state index contributed by atoms with van der Waals surface area (Å²) in [5, 5.41) is 5.15. The van der Waals surface area contributed by atoms with Gasteiger partial charge in [-0.25, -0.2) is 22.8 Å². The van der Waals surface area contributed by atoms with Crippen molar-refractivity contribution in [1.29, 1.82) is 0 Å². The summed E-state index contributed by atoms with van der Waals surface area (Å²) < 4.78 is 54.7. The molecule has 1 aliphatic rings. The molecule has 0 unspecified atom stereocenters. The molecule has 4 rings (SSSR count). The van der Waals surface area contributed by atoms with Crippen LogP contribution in [0.25, 0.3) is 0 Å². The Bertz CT molecular complexity index is 1820. The van der Waals surface area contributed by atoms with Gasteiger partial charge in [0.2, 0.25) is 5.91 Å². The summed E-state index contributed by atoms with van der Waals surface area (Å²) in [7, 11) is 0. The molecule has 2 N–H and O–H groups in total. The molecule has 16 heteroatoms. The number of benzene rings is 3. The number of amides is 4. The molecule has 1 saturated carbocycles. The molecule has 0 spiro atoms. The van der Waals surface area contributed by atoms with Gasteiger partial charge in [0.05, 0.1) is 27.2 Å². The van der Waals surface area contributed by atoms with Gasteiger partial charge in [0.1, 0.15) is 27.0 Å². The first-order valence-electron chi connectivity index (χ1n) is 14.5. The van der Waals surface area contributed by atoms with E-state index in [2.05, 4.69) is 10.6 Å². The minimum absolute atomic E-state index is 0.0183. The fourth-order valence-electron chi connectivity index (χ4n) is 4.67. The van der Waals surface area contributed by atoms with Crippen molar-refractivity contribution >= 4 is 87.5 Å². The monoisotopic (exact) mass is 761 g/mol. The molecule has 262 valence electrons. The van der Waals surface area contributed by atoms with E-state index in [0.29, 0.717) is 16.7 Å². The normalized spacial score (nSPS) is 16.8. The minimum Gasteiger partial charge on any atom is -0.443 e. The van der Waals surface area contributed by atoms with Gasteiger partial charge < -0.3 is 20.1 Å². The quantitative estimate of drug-likeness (QED) is 0.242. The second-order valence-corrected chi connectivity index (χ2v) is 15.3. The highest BCUT2D eigenvalue weighted by Crippen LogP contribution is 2.65. The fourth-order valence-corrected chi connectivity index (χ4v) is 5.81. The van der Waals surface area contributed by atoms with Crippen molar-refractivity contribution in [2.24, 2.45) is 5.92 Å². The van der Waals surface area contributed by atoms with Gasteiger partial charge >= 0.3 is 12.2 Å². The van der Waals surface area contributed by atoms with E-state index in [9.17, 15) is 23.6 Å². The highest BCUT2D eigenvalue weighted by Gasteiger charge is 2.67. The highest BCUT2D eigenvalue weighted by molar-refractivity contribution is 6.53. The third-order valence-electron chi connectivity index (χ3n) is 6.81. The van der Waals surface area contributed by atoms with Gasteiger partial charge in [-0.3, -0.25) is 9.59 Å². The molecule has 0 heterocycles. The summed E-state index contributed by atoms with van der Waals surface area (Å²) in [5.41, 5.74) is -4.46. The molecule has 0 bridgehead atoms. The zero-order valence-corrected chi connectivity index (χ0v) is 29.8. The van der Waals surface area contributed by atoms with Crippen LogP contribution in [-0.2, 0) is 14.3 Å². The third-order valence-corrected chi connectivity index (χ3v) is 8.49. The Hall–Kier alpha value is -3.71. The lowest BCUT2D eigenvalue weighted by molar-refractivity contribution is -0.117. The smallest absolute Gasteiger partial charge is 0.424 e. The van der Waals surface area contributed by atoms with Crippen LogP contribution in [0.1, 0.15) is 63.4 Å². The topological polar surface area (TPSA) is 114 Å². The van der Waals surface area contributed by atoms with Gasteiger partial charge in [-0.15, -0.1) is 23.2 Å². The van der Waals surface area contributed by atoms with Gasteiger partial charge in [-0.1, -0.05) is 29.3 Å². The lowest BCUT2D eigenvalue weighted by Crippen LogP contribution is -2.44. The first kappa shape index (κ1) is 38.1. The van der Waals surface area contributed by atoms with Crippen molar-refractivity contribution in [3.8, 4) is 0 Å². The molecule has 2 atom stereocenters. The Morgan fingerprint density at radius 2 is 1.35 bits per heavy atom. The molecule has 49 heavy (non-hydrogen) atoms. The molecule has 0 radical (unpaired) electrons. The number of nitrogens with one attached hydrogen (secondary N) is 2. The number of ether oxygens (including phenoxy) is 2. The van der Waals surface area contributed by atoms with Crippen molar-refractivity contribution in [3.05, 3.63) is 87.2 Å². The SMILES string of the molecule is CC(C)(C)OC(=O)N(C(=O)OC(C)(C)C)c1c(F)ccc(NC(=O)c2cc(NC(=O)[C@H]3[C@H](c4ccc(Cl)c(Cl)c4)C3(Cl)Cl)ccc2F)c1F. The number of halogens is 7. The molecule has 0 aliphatic heterocycles. The van der Waals surface area contributed by atoms with E-state index in [1.54, 1.807) is 6.07 Å². The van der Waals surface area contributed by atoms with Crippen LogP contribution in [0.15, 0.2) is 48.5 Å². The molecule has 3 aromatic carbocycles. The number of nitrogens with zero attached hydrogens (tertiary/aromatic N) is 1. The maximum atomic E-state index is 15.9. The summed E-state index contributed by atoms with van der Waals surface area (Å²) in [6.07, 6.45) is -2.93. The van der Waals surface area contributed by atoms with E-state index in [4.69, 9.17) is 55.9 Å². The van der Waals surface area contributed by atoms with Gasteiger partial charge in [0, 0.05) is 11.6 Å². The van der Waals surface area contributed by atoms with Crippen LogP contribution in [0.4, 0.5) is 39.8 Å². The Kier molecular flexibility index (Phi) is 10.8. The summed E-state index contributed by atoms with van der Waals surface area (Å²) >= 11 is 24.9. The van der Waals surface area contributed by atoms with Crippen LogP contribution < -0.4 is 15.5 Å². The summed E-state index contributed by atoms with van der Waals surface area (Å²) in [6.45, 7) is 8.79. The van der Waals surface area contributed by atoms with Crippen LogP contribution in [-0.4, -0.2) is 39.5 Å². The van der Waals surface area contributed by atoms with Crippen LogP contribution in [0, 0.1) is 23.4 Å². The van der Waals surface area contributed by atoms with Crippen molar-refractivity contribution < 1.29 is 41.8 Å². The van der Waals surface area contributed by atoms with E-state index in [0.717, 1.165) is 18.2 Å². The molecule has 0 aromatic heterocycles. The van der Waals surface area contributed by atoms with E-state index in [1.807, 2.05) is 0 Å². The molecular weight excluding hydrogens is 733 g/mol. The predicted molar refractivity (Wildman–Crippen MR) is 181 cm³/mol. The number of alkyl halides is 2. The Morgan fingerprint density at radius 3 is 1.90 bits per heavy atom. The first-order chi connectivity index (χ1) is 22.5. The van der Waals surface area contributed by atoms with Crippen molar-refractivity contribution in [2.45, 2.75) is 63.0 Å². The van der Waals surface area contributed by atoms with E-state index >= 15 is 8.78 Å². The number of imide groups is 1. The summed E-state index contributed by atoms with van der Waals surface area (Å²) in [5.74, 6) is -7.51. The highest BCUT2D eigenvalue weighted by atomic mass is 35.5. The second-order valence-electron chi connectivity index (χ2n) is 13.0. The predicted octanol–water partition coefficient (Wildman–Crippen LogP) is 9.87. The van der Waals surface area contributed by atoms with Gasteiger partial charge in [0.15, 0.2) is 11.6 Å². The summed E-state index contributed by atoms with van der Waals surface area (Å²) in [4.78, 5) is 52.4. The Morgan fingerprint density at radius 1 is 0.776 bits per heavy atom. The zero-order chi connectivity index (χ0) is 36.8. The molecule has 1 fully saturated rings. The van der Waals surface area contributed by atoms with Crippen LogP contribution in [0.5, 0.6) is 0 Å². The van der Waals surface area contributed by atoms with Gasteiger partial charge in [0.25, 0.3) is 5.91 Å². The van der Waals surface area contributed by atoms with Crippen LogP contribution in [0.3, 0.4) is 0 Å². The van der Waals surface area contributed by atoms with Crippen LogP contribution >= 0.6 is 46.4 Å². The third kappa shape index (κ3) is 8.72. The van der Waals surface area contributed by atoms with Crippen molar-refractivity contribution in [2.75, 3.05) is 15.5 Å². The largest absolute Gasteiger partial charge is 0.443 e. The standard InChI is InChI=1S/C33H30Cl4F3N3O6/c1-31(2,3)48-29(46)43(30(47)49-32(4,5)6)26-21(39)11-12-22(25(26)40)42-27(44)17-14-16(8-10-20(17)38)41-28(45)24-23(33(24,36)37)15-7-9-18(34)19(35)13-15/h7-14,23-24H,1-6H3,(H,41,45)(H,42,44)/t23-,24+/m0/s1. The number of carbonyl (C=O) groups excluding carboxylic acids is 4. The number of anilines is 3. The van der Waals surface area contributed by atoms with Gasteiger partial charge in [-0.05, 0) is 89.6 Å².